The zero-order valence-corrected chi connectivity index (χ0v) is 12.0. The molecule has 0 radical (unpaired) electrons. The second-order valence-electron chi connectivity index (χ2n) is 4.32. The number of nitrogens with one attached hydrogen (secondary N) is 1. The first kappa shape index (κ1) is 15.9. The summed E-state index contributed by atoms with van der Waals surface area (Å²) in [6, 6.07) is 5.46. The third-order valence-corrected chi connectivity index (χ3v) is 3.35. The number of hydrogen-bond acceptors (Lipinski definition) is 2. The molecule has 1 unspecified atom stereocenters. The molecule has 0 saturated heterocycles. The fraction of sp³-hybridized carbons (Fsp3) is 0.143. The van der Waals surface area contributed by atoms with E-state index in [0.717, 1.165) is 12.1 Å². The van der Waals surface area contributed by atoms with Crippen LogP contribution in [0.5, 0.6) is 0 Å². The molecule has 0 aliphatic heterocycles. The fourth-order valence-corrected chi connectivity index (χ4v) is 2.24. The van der Waals surface area contributed by atoms with Gasteiger partial charge in [0.2, 0.25) is 0 Å². The van der Waals surface area contributed by atoms with Crippen molar-refractivity contribution in [1.82, 2.24) is 0 Å². The van der Waals surface area contributed by atoms with Crippen LogP contribution in [0.15, 0.2) is 30.3 Å². The third-order valence-electron chi connectivity index (χ3n) is 2.80. The maximum absolute atomic E-state index is 13.5. The first-order chi connectivity index (χ1) is 9.88. The van der Waals surface area contributed by atoms with Gasteiger partial charge in [0.15, 0.2) is 5.82 Å². The molecule has 0 saturated carbocycles. The minimum atomic E-state index is -1.21. The number of rotatable bonds is 4. The van der Waals surface area contributed by atoms with E-state index in [4.69, 9.17) is 23.2 Å². The Hall–Kier alpha value is -1.43. The number of benzene rings is 2. The van der Waals surface area contributed by atoms with Crippen molar-refractivity contribution in [2.24, 2.45) is 0 Å². The van der Waals surface area contributed by atoms with Gasteiger partial charge in [-0.15, -0.1) is 0 Å². The van der Waals surface area contributed by atoms with Gasteiger partial charge < -0.3 is 10.4 Å². The Kier molecular flexibility index (Phi) is 4.98. The zero-order valence-electron chi connectivity index (χ0n) is 10.5. The predicted molar refractivity (Wildman–Crippen MR) is 76.2 cm³/mol. The van der Waals surface area contributed by atoms with Crippen LogP contribution >= 0.6 is 23.2 Å². The monoisotopic (exact) mass is 335 g/mol. The minimum absolute atomic E-state index is 0.0526. The van der Waals surface area contributed by atoms with Gasteiger partial charge in [-0.3, -0.25) is 0 Å². The van der Waals surface area contributed by atoms with Crippen LogP contribution in [-0.4, -0.2) is 11.7 Å². The van der Waals surface area contributed by atoms with Gasteiger partial charge in [0.1, 0.15) is 11.6 Å². The van der Waals surface area contributed by atoms with Gasteiger partial charge >= 0.3 is 0 Å². The van der Waals surface area contributed by atoms with Crippen LogP contribution in [0, 0.1) is 17.5 Å². The average Bonchev–Trinajstić information content (AvgIpc) is 2.42. The Bertz CT molecular complexity index is 644. The molecule has 0 amide bonds. The van der Waals surface area contributed by atoms with E-state index in [2.05, 4.69) is 5.32 Å². The van der Waals surface area contributed by atoms with Crippen molar-refractivity contribution in [1.29, 1.82) is 0 Å². The van der Waals surface area contributed by atoms with Crippen LogP contribution in [-0.2, 0) is 0 Å². The van der Waals surface area contributed by atoms with Crippen LogP contribution in [0.3, 0.4) is 0 Å². The van der Waals surface area contributed by atoms with E-state index < -0.39 is 23.6 Å². The zero-order chi connectivity index (χ0) is 15.6. The van der Waals surface area contributed by atoms with E-state index in [1.165, 1.54) is 12.1 Å². The maximum Gasteiger partial charge on any atom is 0.160 e. The van der Waals surface area contributed by atoms with Gasteiger partial charge in [-0.05, 0) is 18.2 Å². The van der Waals surface area contributed by atoms with Crippen LogP contribution in [0.4, 0.5) is 18.9 Å². The van der Waals surface area contributed by atoms with E-state index >= 15 is 0 Å². The quantitative estimate of drug-likeness (QED) is 0.803. The van der Waals surface area contributed by atoms with Crippen LogP contribution < -0.4 is 5.32 Å². The maximum atomic E-state index is 13.5. The number of anilines is 1. The number of halogens is 5. The molecule has 21 heavy (non-hydrogen) atoms. The van der Waals surface area contributed by atoms with Crippen LogP contribution in [0.25, 0.3) is 0 Å². The molecule has 112 valence electrons. The molecule has 0 aromatic heterocycles. The molecule has 0 bridgehead atoms. The van der Waals surface area contributed by atoms with Gasteiger partial charge in [-0.25, -0.2) is 13.2 Å². The lowest BCUT2D eigenvalue weighted by atomic mass is 10.1. The first-order valence-electron chi connectivity index (χ1n) is 5.90. The largest absolute Gasteiger partial charge is 0.386 e. The smallest absolute Gasteiger partial charge is 0.160 e. The van der Waals surface area contributed by atoms with E-state index in [0.29, 0.717) is 11.8 Å². The molecule has 2 nitrogen and oxygen atoms in total. The summed E-state index contributed by atoms with van der Waals surface area (Å²) >= 11 is 11.3. The topological polar surface area (TPSA) is 32.3 Å². The molecule has 0 heterocycles. The molecule has 7 heteroatoms. The van der Waals surface area contributed by atoms with Crippen molar-refractivity contribution >= 4 is 28.9 Å². The molecule has 0 spiro atoms. The summed E-state index contributed by atoms with van der Waals surface area (Å²) in [5.41, 5.74) is 0.316. The number of aliphatic hydroxyl groups excluding tert-OH is 1. The highest BCUT2D eigenvalue weighted by Crippen LogP contribution is 2.28. The lowest BCUT2D eigenvalue weighted by molar-refractivity contribution is 0.186. The Labute approximate surface area is 129 Å². The SMILES string of the molecule is OC(CNc1cc(Cl)c(F)c(Cl)c1)c1ccc(F)cc1F. The van der Waals surface area contributed by atoms with Gasteiger partial charge in [0, 0.05) is 23.9 Å². The highest BCUT2D eigenvalue weighted by molar-refractivity contribution is 6.35. The molecule has 0 aliphatic rings. The van der Waals surface area contributed by atoms with Crippen molar-refractivity contribution in [3.8, 4) is 0 Å². The van der Waals surface area contributed by atoms with Gasteiger partial charge in [-0.2, -0.15) is 0 Å². The van der Waals surface area contributed by atoms with E-state index in [1.807, 2.05) is 0 Å². The van der Waals surface area contributed by atoms with Crippen molar-refractivity contribution in [2.75, 3.05) is 11.9 Å². The average molecular weight is 336 g/mol. The minimum Gasteiger partial charge on any atom is -0.386 e. The van der Waals surface area contributed by atoms with Gasteiger partial charge in [0.25, 0.3) is 0 Å². The second kappa shape index (κ2) is 6.56. The Morgan fingerprint density at radius 1 is 1.05 bits per heavy atom. The van der Waals surface area contributed by atoms with Crippen LogP contribution in [0.2, 0.25) is 10.0 Å². The van der Waals surface area contributed by atoms with E-state index in [9.17, 15) is 18.3 Å². The lowest BCUT2D eigenvalue weighted by Gasteiger charge is -2.14. The second-order valence-corrected chi connectivity index (χ2v) is 5.13. The third kappa shape index (κ3) is 3.81. The highest BCUT2D eigenvalue weighted by atomic mass is 35.5. The molecular formula is C14H10Cl2F3NO. The highest BCUT2D eigenvalue weighted by Gasteiger charge is 2.14. The lowest BCUT2D eigenvalue weighted by Crippen LogP contribution is -2.13. The Morgan fingerprint density at radius 3 is 2.24 bits per heavy atom. The summed E-state index contributed by atoms with van der Waals surface area (Å²) in [7, 11) is 0. The normalized spacial score (nSPS) is 12.3. The standard InChI is InChI=1S/C14H10Cl2F3NO/c15-10-4-8(5-11(16)14(10)19)20-6-13(21)9-2-1-7(17)3-12(9)18/h1-5,13,20-21H,6H2. The summed E-state index contributed by atoms with van der Waals surface area (Å²) in [6.45, 7) is -0.0825. The van der Waals surface area contributed by atoms with Gasteiger partial charge in [0.05, 0.1) is 16.1 Å². The van der Waals surface area contributed by atoms with Gasteiger partial charge in [-0.1, -0.05) is 29.3 Å². The molecule has 2 rings (SSSR count). The molecule has 2 N–H and O–H groups in total. The molecule has 1 atom stereocenters. The summed E-state index contributed by atoms with van der Waals surface area (Å²) < 4.78 is 39.5. The summed E-state index contributed by atoms with van der Waals surface area (Å²) in [5.74, 6) is -2.32. The molecular weight excluding hydrogens is 326 g/mol. The molecule has 0 aliphatic carbocycles. The Balaban J connectivity index is 2.09. The molecule has 0 fully saturated rings. The van der Waals surface area contributed by atoms with Crippen molar-refractivity contribution < 1.29 is 18.3 Å². The number of hydrogen-bond donors (Lipinski definition) is 2. The first-order valence-corrected chi connectivity index (χ1v) is 6.65. The van der Waals surface area contributed by atoms with Crippen LogP contribution in [0.1, 0.15) is 11.7 Å². The van der Waals surface area contributed by atoms with E-state index in [1.54, 1.807) is 0 Å². The van der Waals surface area contributed by atoms with E-state index in [-0.39, 0.29) is 22.2 Å². The summed E-state index contributed by atoms with van der Waals surface area (Å²) in [6.07, 6.45) is -1.21. The Morgan fingerprint density at radius 2 is 1.67 bits per heavy atom. The fourth-order valence-electron chi connectivity index (χ4n) is 1.75. The number of aliphatic hydroxyl groups is 1. The molecule has 2 aromatic rings. The van der Waals surface area contributed by atoms with Crippen molar-refractivity contribution in [3.05, 3.63) is 63.4 Å². The molecule has 2 aromatic carbocycles. The predicted octanol–water partition coefficient (Wildman–Crippen LogP) is 4.56. The summed E-state index contributed by atoms with van der Waals surface area (Å²) in [5, 5.41) is 12.3. The van der Waals surface area contributed by atoms with Crippen molar-refractivity contribution in [3.63, 3.8) is 0 Å². The summed E-state index contributed by atoms with van der Waals surface area (Å²) in [4.78, 5) is 0. The van der Waals surface area contributed by atoms with Crippen molar-refractivity contribution in [2.45, 2.75) is 6.10 Å².